The van der Waals surface area contributed by atoms with Crippen molar-refractivity contribution in [3.63, 3.8) is 0 Å². The van der Waals surface area contributed by atoms with Crippen LogP contribution in [0.25, 0.3) is 32.7 Å². The van der Waals surface area contributed by atoms with E-state index < -0.39 is 161 Å². The van der Waals surface area contributed by atoms with Crippen LogP contribution < -0.4 is 16.0 Å². The number of hydrogen-bond donors (Lipinski definition) is 6. The maximum atomic E-state index is 13.0. The molecule has 3 amide bonds. The topological polar surface area (TPSA) is 214 Å². The Labute approximate surface area is 547 Å². The molecule has 0 aliphatic heterocycles. The van der Waals surface area contributed by atoms with Crippen molar-refractivity contribution in [1.29, 1.82) is 0 Å². The van der Waals surface area contributed by atoms with Gasteiger partial charge < -0.3 is 45.1 Å². The molecule has 0 bridgehead atoms. The molecule has 9 aromatic rings. The Balaban J connectivity index is 0.000000209. The second kappa shape index (κ2) is 30.9. The first-order valence-corrected chi connectivity index (χ1v) is 28.8. The highest BCUT2D eigenvalue weighted by Crippen LogP contribution is 2.40. The molecule has 6 aromatic carbocycles. The number of hydrogen-bond acceptors (Lipinski definition) is 9. The lowest BCUT2D eigenvalue weighted by Crippen LogP contribution is -2.42. The summed E-state index contributed by atoms with van der Waals surface area (Å²) in [6.45, 7) is 0.981. The van der Waals surface area contributed by atoms with Crippen molar-refractivity contribution in [3.05, 3.63) is 213 Å². The Morgan fingerprint density at radius 1 is 0.333 bits per heavy atom. The lowest BCUT2D eigenvalue weighted by Gasteiger charge is -2.18. The Morgan fingerprint density at radius 2 is 0.535 bits per heavy atom. The second-order valence-electron chi connectivity index (χ2n) is 22.0. The summed E-state index contributed by atoms with van der Waals surface area (Å²) in [6, 6.07) is 20.8. The maximum absolute atomic E-state index is 13.0. The summed E-state index contributed by atoms with van der Waals surface area (Å²) in [4.78, 5) is 81.5. The van der Waals surface area contributed by atoms with E-state index in [1.54, 1.807) is 91.4 Å². The van der Waals surface area contributed by atoms with Crippen molar-refractivity contribution in [2.24, 2.45) is 0 Å². The normalized spacial score (nSPS) is 13.1. The molecule has 6 N–H and O–H groups in total. The van der Waals surface area contributed by atoms with Crippen LogP contribution in [-0.4, -0.2) is 68.7 Å². The number of rotatable bonds is 18. The summed E-state index contributed by atoms with van der Waals surface area (Å²) in [6.07, 6.45) is -25.2. The summed E-state index contributed by atoms with van der Waals surface area (Å²) in [5.74, 6) is -4.68. The van der Waals surface area contributed by atoms with Gasteiger partial charge in [0.15, 0.2) is 0 Å². The summed E-state index contributed by atoms with van der Waals surface area (Å²) in [7, 11) is 0. The largest absolute Gasteiger partial charge is 0.459 e. The molecular formula is C66H54F18N6O9. The molecule has 33 heteroatoms. The summed E-state index contributed by atoms with van der Waals surface area (Å²) < 4.78 is 249. The van der Waals surface area contributed by atoms with E-state index in [4.69, 9.17) is 14.2 Å². The average molecular weight is 1420 g/mol. The minimum Gasteiger partial charge on any atom is -0.459 e. The highest BCUT2D eigenvalue weighted by molar-refractivity contribution is 5.89. The quantitative estimate of drug-likeness (QED) is 0.0273. The number of nitrogens with one attached hydrogen (secondary N) is 6. The predicted octanol–water partition coefficient (Wildman–Crippen LogP) is 15.0. The molecule has 3 aromatic heterocycles. The van der Waals surface area contributed by atoms with E-state index >= 15 is 0 Å². The van der Waals surface area contributed by atoms with Gasteiger partial charge in [-0.15, -0.1) is 0 Å². The number of ether oxygens (including phenoxy) is 3. The van der Waals surface area contributed by atoms with Crippen molar-refractivity contribution in [2.45, 2.75) is 115 Å². The van der Waals surface area contributed by atoms with Crippen LogP contribution in [0.15, 0.2) is 146 Å². The first-order valence-electron chi connectivity index (χ1n) is 28.8. The van der Waals surface area contributed by atoms with Crippen molar-refractivity contribution in [2.75, 3.05) is 0 Å². The van der Waals surface area contributed by atoms with E-state index in [0.29, 0.717) is 53.1 Å². The van der Waals surface area contributed by atoms with Gasteiger partial charge in [-0.25, -0.2) is 14.4 Å². The molecule has 0 aliphatic rings. The van der Waals surface area contributed by atoms with Gasteiger partial charge >= 0.3 is 55.0 Å². The lowest BCUT2D eigenvalue weighted by atomic mass is 10.0. The molecule has 9 rings (SSSR count). The molecular weight excluding hydrogens is 1360 g/mol. The third kappa shape index (κ3) is 21.5. The zero-order valence-corrected chi connectivity index (χ0v) is 51.3. The second-order valence-corrected chi connectivity index (χ2v) is 22.0. The Morgan fingerprint density at radius 3 is 0.727 bits per heavy atom. The number of amides is 3. The van der Waals surface area contributed by atoms with Crippen LogP contribution in [0.5, 0.6) is 0 Å². The third-order valence-electron chi connectivity index (χ3n) is 14.4. The first kappa shape index (κ1) is 75.9. The SMILES string of the molecule is CC(=O)N[C@H](Cc1c[nH]c2ccccc12)C(=O)OCc1cc(C(F)(F)F)cc(C(F)(F)F)c1.CC(=O)N[C@H](Cc1c[nH]c2ccccc12)C(=O)OCc1cc(C(F)(F)F)cc(C(F)(F)F)c1.CC(=O)N[C@H](Cc1c[nH]c2ccccc12)C(=O)OCc1cc(C(F)(F)F)cc(C(F)(F)F)c1. The standard InChI is InChI=1S/3C22H18F6N2O3/c3*1-12(31)30-19(8-14-10-29-18-5-3-2-4-17(14)18)20(32)33-11-13-6-15(21(23,24)25)9-16(7-13)22(26,27)28/h3*2-7,9-10,19,29H,8,11H2,1H3,(H,30,31)/t3*19-/m111/s1. The van der Waals surface area contributed by atoms with Crippen molar-refractivity contribution >= 4 is 68.3 Å². The molecule has 3 heterocycles. The van der Waals surface area contributed by atoms with E-state index in [0.717, 1.165) is 53.5 Å². The van der Waals surface area contributed by atoms with Gasteiger partial charge in [-0.3, -0.25) is 14.4 Å². The van der Waals surface area contributed by atoms with Crippen molar-refractivity contribution in [3.8, 4) is 0 Å². The maximum Gasteiger partial charge on any atom is 0.416 e. The van der Waals surface area contributed by atoms with Crippen LogP contribution >= 0.6 is 0 Å². The van der Waals surface area contributed by atoms with Gasteiger partial charge in [0, 0.05) is 91.3 Å². The molecule has 15 nitrogen and oxygen atoms in total. The van der Waals surface area contributed by atoms with Gasteiger partial charge in [0.2, 0.25) is 17.7 Å². The van der Waals surface area contributed by atoms with E-state index in [1.807, 2.05) is 0 Å². The smallest absolute Gasteiger partial charge is 0.416 e. The number of fused-ring (bicyclic) bond motifs is 3. The van der Waals surface area contributed by atoms with Gasteiger partial charge in [0.1, 0.15) is 37.9 Å². The lowest BCUT2D eigenvalue weighted by molar-refractivity contribution is -0.149. The van der Waals surface area contributed by atoms with Gasteiger partial charge in [0.05, 0.1) is 33.4 Å². The van der Waals surface area contributed by atoms with E-state index in [9.17, 15) is 108 Å². The third-order valence-corrected chi connectivity index (χ3v) is 14.4. The molecule has 0 spiro atoms. The monoisotopic (exact) mass is 1420 g/mol. The van der Waals surface area contributed by atoms with Crippen LogP contribution in [0, 0.1) is 0 Å². The van der Waals surface area contributed by atoms with Crippen LogP contribution in [0.4, 0.5) is 79.0 Å². The zero-order valence-electron chi connectivity index (χ0n) is 51.3. The molecule has 0 aliphatic carbocycles. The fourth-order valence-corrected chi connectivity index (χ4v) is 9.95. The molecule has 528 valence electrons. The van der Waals surface area contributed by atoms with Crippen LogP contribution in [0.3, 0.4) is 0 Å². The van der Waals surface area contributed by atoms with Crippen LogP contribution in [-0.2, 0) is 119 Å². The van der Waals surface area contributed by atoms with Gasteiger partial charge in [-0.2, -0.15) is 79.0 Å². The number of aromatic amines is 3. The predicted molar refractivity (Wildman–Crippen MR) is 318 cm³/mol. The van der Waals surface area contributed by atoms with E-state index in [1.165, 1.54) is 0 Å². The van der Waals surface area contributed by atoms with Crippen molar-refractivity contribution < 1.29 is 122 Å². The first-order chi connectivity index (χ1) is 46.0. The summed E-state index contributed by atoms with van der Waals surface area (Å²) >= 11 is 0. The minimum absolute atomic E-state index is 0.00117. The molecule has 0 fully saturated rings. The Kier molecular flexibility index (Phi) is 23.7. The van der Waals surface area contributed by atoms with E-state index in [-0.39, 0.29) is 37.5 Å². The number of benzene rings is 6. The van der Waals surface area contributed by atoms with Gasteiger partial charge in [-0.05, 0) is 106 Å². The Hall–Kier alpha value is -10.5. The molecule has 0 radical (unpaired) electrons. The molecule has 99 heavy (non-hydrogen) atoms. The van der Waals surface area contributed by atoms with Gasteiger partial charge in [-0.1, -0.05) is 54.6 Å². The number of halogens is 18. The molecule has 3 atom stereocenters. The number of para-hydroxylation sites is 3. The number of alkyl halides is 18. The molecule has 0 unspecified atom stereocenters. The Bertz CT molecular complexity index is 3840. The molecule has 0 saturated heterocycles. The van der Waals surface area contributed by atoms with Crippen molar-refractivity contribution in [1.82, 2.24) is 30.9 Å². The number of aromatic nitrogens is 3. The van der Waals surface area contributed by atoms with Crippen LogP contribution in [0.2, 0.25) is 0 Å². The van der Waals surface area contributed by atoms with Crippen LogP contribution in [0.1, 0.15) is 87.5 Å². The number of carbonyl (C=O) groups excluding carboxylic acids is 6. The average Bonchev–Trinajstić information content (AvgIpc) is 1.70. The number of carbonyl (C=O) groups is 6. The molecule has 0 saturated carbocycles. The number of esters is 3. The van der Waals surface area contributed by atoms with E-state index in [2.05, 4.69) is 30.9 Å². The summed E-state index contributed by atoms with van der Waals surface area (Å²) in [5, 5.41) is 9.56. The highest BCUT2D eigenvalue weighted by atomic mass is 19.4. The zero-order chi connectivity index (χ0) is 73.2. The summed E-state index contributed by atoms with van der Waals surface area (Å²) in [5.41, 5.74) is -6.19. The highest BCUT2D eigenvalue weighted by Gasteiger charge is 2.40. The van der Waals surface area contributed by atoms with Gasteiger partial charge in [0.25, 0.3) is 0 Å². The fraction of sp³-hybridized carbons (Fsp3) is 0.273. The minimum atomic E-state index is -5.02. The number of H-pyrrole nitrogens is 3. The fourth-order valence-electron chi connectivity index (χ4n) is 9.95.